The van der Waals surface area contributed by atoms with Crippen molar-refractivity contribution in [1.82, 2.24) is 4.90 Å². The van der Waals surface area contributed by atoms with Gasteiger partial charge in [-0.15, -0.1) is 0 Å². The maximum atomic E-state index is 12.4. The minimum absolute atomic E-state index is 0.316. The predicted octanol–water partition coefficient (Wildman–Crippen LogP) is 4.77. The van der Waals surface area contributed by atoms with Gasteiger partial charge in [-0.2, -0.15) is 0 Å². The zero-order chi connectivity index (χ0) is 20.1. The van der Waals surface area contributed by atoms with E-state index in [-0.39, 0.29) is 5.91 Å². The minimum atomic E-state index is -0.809. The molecule has 0 aliphatic heterocycles. The molecule has 0 radical (unpaired) electrons. The minimum Gasteiger partial charge on any atom is -0.479 e. The molecule has 2 rings (SSSR count). The summed E-state index contributed by atoms with van der Waals surface area (Å²) in [6.07, 6.45) is -1.32. The fraction of sp³-hybridized carbons (Fsp3) is 0.263. The predicted molar refractivity (Wildman–Crippen MR) is 106 cm³/mol. The van der Waals surface area contributed by atoms with Gasteiger partial charge in [0, 0.05) is 30.9 Å². The van der Waals surface area contributed by atoms with E-state index in [1.54, 1.807) is 64.3 Å². The molecule has 0 fully saturated rings. The first-order chi connectivity index (χ1) is 12.7. The van der Waals surface area contributed by atoms with Gasteiger partial charge in [-0.25, -0.2) is 4.79 Å². The number of hydrogen-bond acceptors (Lipinski definition) is 4. The number of rotatable bonds is 5. The Morgan fingerprint density at radius 3 is 2.52 bits per heavy atom. The molecule has 144 valence electrons. The molecule has 0 heterocycles. The number of ether oxygens (including phenoxy) is 2. The van der Waals surface area contributed by atoms with Gasteiger partial charge in [0.25, 0.3) is 5.91 Å². The Kier molecular flexibility index (Phi) is 6.93. The van der Waals surface area contributed by atoms with E-state index in [1.807, 2.05) is 0 Å². The van der Waals surface area contributed by atoms with Crippen molar-refractivity contribution >= 4 is 40.9 Å². The Hall–Kier alpha value is -2.44. The average Bonchev–Trinajstić information content (AvgIpc) is 2.62. The lowest BCUT2D eigenvalue weighted by molar-refractivity contribution is -0.122. The lowest BCUT2D eigenvalue weighted by Gasteiger charge is -2.17. The SMILES string of the molecule is Cc1c(Cl)ccc(OC(C)C(=O)Nc2cccc(OC(=O)N(C)C)c2)c1Cl. The van der Waals surface area contributed by atoms with E-state index in [1.165, 1.54) is 4.90 Å². The van der Waals surface area contributed by atoms with Crippen molar-refractivity contribution in [3.05, 3.63) is 52.0 Å². The first-order valence-electron chi connectivity index (χ1n) is 8.10. The standard InChI is InChI=1S/C19H20Cl2N2O4/c1-11-15(20)8-9-16(17(11)21)26-12(2)18(24)22-13-6-5-7-14(10-13)27-19(25)23(3)4/h5-10,12H,1-4H3,(H,22,24). The number of anilines is 1. The van der Waals surface area contributed by atoms with E-state index in [9.17, 15) is 9.59 Å². The van der Waals surface area contributed by atoms with Gasteiger partial charge in [-0.3, -0.25) is 4.79 Å². The molecule has 0 aliphatic carbocycles. The van der Waals surface area contributed by atoms with Crippen LogP contribution in [0.2, 0.25) is 10.0 Å². The van der Waals surface area contributed by atoms with Crippen LogP contribution in [-0.2, 0) is 4.79 Å². The van der Waals surface area contributed by atoms with Gasteiger partial charge < -0.3 is 19.7 Å². The molecule has 0 aromatic heterocycles. The molecule has 0 bridgehead atoms. The Labute approximate surface area is 168 Å². The maximum absolute atomic E-state index is 12.4. The van der Waals surface area contributed by atoms with E-state index in [0.29, 0.717) is 32.8 Å². The summed E-state index contributed by atoms with van der Waals surface area (Å²) in [5.74, 6) is 0.307. The quantitative estimate of drug-likeness (QED) is 0.770. The van der Waals surface area contributed by atoms with Gasteiger partial charge in [0.2, 0.25) is 0 Å². The van der Waals surface area contributed by atoms with Crippen molar-refractivity contribution in [2.24, 2.45) is 0 Å². The van der Waals surface area contributed by atoms with Crippen LogP contribution >= 0.6 is 23.2 Å². The number of nitrogens with zero attached hydrogens (tertiary/aromatic N) is 1. The summed E-state index contributed by atoms with van der Waals surface area (Å²) in [7, 11) is 3.16. The Balaban J connectivity index is 2.04. The third kappa shape index (κ3) is 5.52. The van der Waals surface area contributed by atoms with Crippen molar-refractivity contribution < 1.29 is 19.1 Å². The number of halogens is 2. The van der Waals surface area contributed by atoms with Gasteiger partial charge >= 0.3 is 6.09 Å². The Bertz CT molecular complexity index is 856. The van der Waals surface area contributed by atoms with Crippen molar-refractivity contribution in [2.45, 2.75) is 20.0 Å². The number of hydrogen-bond donors (Lipinski definition) is 1. The topological polar surface area (TPSA) is 67.9 Å². The lowest BCUT2D eigenvalue weighted by Crippen LogP contribution is -2.30. The maximum Gasteiger partial charge on any atom is 0.414 e. The van der Waals surface area contributed by atoms with Gasteiger partial charge in [-0.1, -0.05) is 29.3 Å². The first-order valence-corrected chi connectivity index (χ1v) is 8.86. The number of carbonyl (C=O) groups is 2. The molecule has 6 nitrogen and oxygen atoms in total. The summed E-state index contributed by atoms with van der Waals surface area (Å²) in [6.45, 7) is 3.37. The molecule has 0 saturated heterocycles. The van der Waals surface area contributed by atoms with E-state index in [0.717, 1.165) is 0 Å². The fourth-order valence-corrected chi connectivity index (χ4v) is 2.46. The van der Waals surface area contributed by atoms with Gasteiger partial charge in [0.15, 0.2) is 6.10 Å². The van der Waals surface area contributed by atoms with Gasteiger partial charge in [0.1, 0.15) is 11.5 Å². The second kappa shape index (κ2) is 8.97. The average molecular weight is 411 g/mol. The zero-order valence-electron chi connectivity index (χ0n) is 15.4. The van der Waals surface area contributed by atoms with Crippen molar-refractivity contribution in [3.8, 4) is 11.5 Å². The van der Waals surface area contributed by atoms with Crippen LogP contribution in [0.5, 0.6) is 11.5 Å². The molecule has 0 aliphatic rings. The molecule has 1 N–H and O–H groups in total. The van der Waals surface area contributed by atoms with Crippen molar-refractivity contribution in [2.75, 3.05) is 19.4 Å². The van der Waals surface area contributed by atoms with Crippen LogP contribution in [0.3, 0.4) is 0 Å². The highest BCUT2D eigenvalue weighted by molar-refractivity contribution is 6.36. The first kappa shape index (κ1) is 20.9. The van der Waals surface area contributed by atoms with E-state index in [4.69, 9.17) is 32.7 Å². The fourth-order valence-electron chi connectivity index (χ4n) is 2.04. The van der Waals surface area contributed by atoms with Crippen LogP contribution in [0.25, 0.3) is 0 Å². The van der Waals surface area contributed by atoms with E-state index < -0.39 is 12.2 Å². The smallest absolute Gasteiger partial charge is 0.414 e. The molecule has 0 spiro atoms. The molecule has 2 aromatic rings. The van der Waals surface area contributed by atoms with Crippen LogP contribution in [0, 0.1) is 6.92 Å². The van der Waals surface area contributed by atoms with E-state index >= 15 is 0 Å². The molecular formula is C19H20Cl2N2O4. The lowest BCUT2D eigenvalue weighted by atomic mass is 10.2. The summed E-state index contributed by atoms with van der Waals surface area (Å²) in [5, 5.41) is 3.59. The number of benzene rings is 2. The second-order valence-electron chi connectivity index (χ2n) is 6.02. The molecule has 27 heavy (non-hydrogen) atoms. The molecule has 8 heteroatoms. The Morgan fingerprint density at radius 1 is 1.15 bits per heavy atom. The van der Waals surface area contributed by atoms with Crippen LogP contribution in [-0.4, -0.2) is 37.1 Å². The second-order valence-corrected chi connectivity index (χ2v) is 6.81. The summed E-state index contributed by atoms with van der Waals surface area (Å²) < 4.78 is 10.8. The molecule has 2 amide bonds. The van der Waals surface area contributed by atoms with Crippen molar-refractivity contribution in [3.63, 3.8) is 0 Å². The van der Waals surface area contributed by atoms with Crippen LogP contribution < -0.4 is 14.8 Å². The Morgan fingerprint density at radius 2 is 1.85 bits per heavy atom. The summed E-state index contributed by atoms with van der Waals surface area (Å²) in [4.78, 5) is 25.3. The molecule has 2 aromatic carbocycles. The van der Waals surface area contributed by atoms with Gasteiger partial charge in [0.05, 0.1) is 5.02 Å². The van der Waals surface area contributed by atoms with Crippen LogP contribution in [0.15, 0.2) is 36.4 Å². The third-order valence-corrected chi connectivity index (χ3v) is 4.51. The molecule has 1 unspecified atom stereocenters. The zero-order valence-corrected chi connectivity index (χ0v) is 16.9. The molecule has 0 saturated carbocycles. The number of nitrogens with one attached hydrogen (secondary N) is 1. The number of carbonyl (C=O) groups excluding carboxylic acids is 2. The highest BCUT2D eigenvalue weighted by Gasteiger charge is 2.18. The third-order valence-electron chi connectivity index (χ3n) is 3.63. The van der Waals surface area contributed by atoms with Crippen molar-refractivity contribution in [1.29, 1.82) is 0 Å². The molecule has 1 atom stereocenters. The van der Waals surface area contributed by atoms with Crippen LogP contribution in [0.1, 0.15) is 12.5 Å². The van der Waals surface area contributed by atoms with Gasteiger partial charge in [-0.05, 0) is 43.7 Å². The van der Waals surface area contributed by atoms with Crippen LogP contribution in [0.4, 0.5) is 10.5 Å². The summed E-state index contributed by atoms with van der Waals surface area (Å²) >= 11 is 12.2. The highest BCUT2D eigenvalue weighted by Crippen LogP contribution is 2.33. The molecular weight excluding hydrogens is 391 g/mol. The monoisotopic (exact) mass is 410 g/mol. The normalized spacial score (nSPS) is 11.5. The largest absolute Gasteiger partial charge is 0.479 e. The summed E-state index contributed by atoms with van der Waals surface area (Å²) in [5.41, 5.74) is 1.15. The van der Waals surface area contributed by atoms with E-state index in [2.05, 4.69) is 5.32 Å². The number of amides is 2. The summed E-state index contributed by atoms with van der Waals surface area (Å²) in [6, 6.07) is 9.78. The highest BCUT2D eigenvalue weighted by atomic mass is 35.5.